The first-order chi connectivity index (χ1) is 13.7. The molecule has 1 saturated heterocycles. The molecule has 1 aliphatic heterocycles. The average Bonchev–Trinajstić information content (AvgIpc) is 2.75. The summed E-state index contributed by atoms with van der Waals surface area (Å²) in [6.07, 6.45) is 8.76. The van der Waals surface area contributed by atoms with Gasteiger partial charge in [0, 0.05) is 5.56 Å². The van der Waals surface area contributed by atoms with E-state index in [0.717, 1.165) is 68.5 Å². The van der Waals surface area contributed by atoms with Gasteiger partial charge in [0.15, 0.2) is 5.78 Å². The van der Waals surface area contributed by atoms with Gasteiger partial charge in [-0.25, -0.2) is 0 Å². The standard InChI is InChI=1S/C25H31NO2/c1-28-22-12-13-23-21(19-22)14-16-25(24(23)27)15-6-8-18-26(25)17-7-5-11-20-9-3-2-4-10-20/h2-4,9-10,12-13,19H,5-8,11,14-18H2,1H3. The Morgan fingerprint density at radius 2 is 1.89 bits per heavy atom. The van der Waals surface area contributed by atoms with Gasteiger partial charge < -0.3 is 4.74 Å². The number of hydrogen-bond donors (Lipinski definition) is 0. The molecule has 3 nitrogen and oxygen atoms in total. The Morgan fingerprint density at radius 1 is 1.04 bits per heavy atom. The molecule has 2 aromatic rings. The predicted octanol–water partition coefficient (Wildman–Crippen LogP) is 5.07. The van der Waals surface area contributed by atoms with Crippen molar-refractivity contribution in [2.24, 2.45) is 0 Å². The minimum absolute atomic E-state index is 0.271. The van der Waals surface area contributed by atoms with Gasteiger partial charge in [0.25, 0.3) is 0 Å². The van der Waals surface area contributed by atoms with E-state index in [9.17, 15) is 4.79 Å². The summed E-state index contributed by atoms with van der Waals surface area (Å²) >= 11 is 0. The maximum Gasteiger partial charge on any atom is 0.183 e. The lowest BCUT2D eigenvalue weighted by atomic mass is 9.71. The van der Waals surface area contributed by atoms with E-state index in [0.29, 0.717) is 5.78 Å². The first-order valence-corrected chi connectivity index (χ1v) is 10.7. The van der Waals surface area contributed by atoms with E-state index in [1.54, 1.807) is 7.11 Å². The number of benzene rings is 2. The van der Waals surface area contributed by atoms with Crippen molar-refractivity contribution in [1.29, 1.82) is 0 Å². The number of ether oxygens (including phenoxy) is 1. The summed E-state index contributed by atoms with van der Waals surface area (Å²) in [6.45, 7) is 2.09. The molecule has 0 amide bonds. The van der Waals surface area contributed by atoms with Gasteiger partial charge in [-0.1, -0.05) is 30.3 Å². The van der Waals surface area contributed by atoms with Crippen LogP contribution < -0.4 is 4.74 Å². The number of rotatable bonds is 6. The number of nitrogens with zero attached hydrogens (tertiary/aromatic N) is 1. The maximum atomic E-state index is 13.6. The van der Waals surface area contributed by atoms with Gasteiger partial charge >= 0.3 is 0 Å². The Kier molecular flexibility index (Phi) is 5.82. The molecule has 1 spiro atoms. The molecule has 1 aliphatic carbocycles. The summed E-state index contributed by atoms with van der Waals surface area (Å²) in [7, 11) is 1.69. The molecule has 1 fully saturated rings. The van der Waals surface area contributed by atoms with Crippen molar-refractivity contribution in [3.8, 4) is 5.75 Å². The van der Waals surface area contributed by atoms with Crippen LogP contribution in [0.25, 0.3) is 0 Å². The van der Waals surface area contributed by atoms with Gasteiger partial charge in [0.1, 0.15) is 5.75 Å². The molecular formula is C25H31NO2. The van der Waals surface area contributed by atoms with Gasteiger partial charge in [-0.2, -0.15) is 0 Å². The van der Waals surface area contributed by atoms with E-state index < -0.39 is 0 Å². The summed E-state index contributed by atoms with van der Waals surface area (Å²) in [5.41, 5.74) is 3.22. The molecule has 1 atom stereocenters. The van der Waals surface area contributed by atoms with Crippen molar-refractivity contribution in [3.63, 3.8) is 0 Å². The molecule has 0 bridgehead atoms. The molecular weight excluding hydrogens is 346 g/mol. The number of ketones is 1. The zero-order chi connectivity index (χ0) is 19.4. The van der Waals surface area contributed by atoms with Gasteiger partial charge in [0.05, 0.1) is 12.6 Å². The Hall–Kier alpha value is -2.13. The smallest absolute Gasteiger partial charge is 0.183 e. The van der Waals surface area contributed by atoms with Gasteiger partial charge in [0.2, 0.25) is 0 Å². The highest BCUT2D eigenvalue weighted by atomic mass is 16.5. The number of aryl methyl sites for hydroxylation is 2. The number of hydrogen-bond acceptors (Lipinski definition) is 3. The van der Waals surface area contributed by atoms with Crippen molar-refractivity contribution >= 4 is 5.78 Å². The fourth-order valence-electron chi connectivity index (χ4n) is 5.07. The van der Waals surface area contributed by atoms with Crippen molar-refractivity contribution in [2.75, 3.05) is 20.2 Å². The molecule has 2 aliphatic rings. The Morgan fingerprint density at radius 3 is 2.71 bits per heavy atom. The molecule has 0 aromatic heterocycles. The van der Waals surface area contributed by atoms with E-state index in [-0.39, 0.29) is 5.54 Å². The number of carbonyl (C=O) groups excluding carboxylic acids is 1. The molecule has 0 N–H and O–H groups in total. The highest BCUT2D eigenvalue weighted by Crippen LogP contribution is 2.40. The predicted molar refractivity (Wildman–Crippen MR) is 113 cm³/mol. The Labute approximate surface area is 168 Å². The Balaban J connectivity index is 1.44. The van der Waals surface area contributed by atoms with Crippen LogP contribution in [0.1, 0.15) is 60.0 Å². The number of unbranched alkanes of at least 4 members (excludes halogenated alkanes) is 1. The molecule has 3 heteroatoms. The lowest BCUT2D eigenvalue weighted by Crippen LogP contribution is -2.59. The van der Waals surface area contributed by atoms with Crippen LogP contribution in [0.5, 0.6) is 5.75 Å². The fraction of sp³-hybridized carbons (Fsp3) is 0.480. The molecule has 28 heavy (non-hydrogen) atoms. The van der Waals surface area contributed by atoms with Crippen molar-refractivity contribution < 1.29 is 9.53 Å². The summed E-state index contributed by atoms with van der Waals surface area (Å²) in [5.74, 6) is 1.20. The minimum atomic E-state index is -0.271. The van der Waals surface area contributed by atoms with Gasteiger partial charge in [-0.3, -0.25) is 9.69 Å². The van der Waals surface area contributed by atoms with Crippen molar-refractivity contribution in [2.45, 2.75) is 56.9 Å². The number of fused-ring (bicyclic) bond motifs is 1. The average molecular weight is 378 g/mol. The van der Waals surface area contributed by atoms with E-state index in [1.807, 2.05) is 18.2 Å². The quantitative estimate of drug-likeness (QED) is 0.658. The monoisotopic (exact) mass is 377 g/mol. The lowest BCUT2D eigenvalue weighted by molar-refractivity contribution is 0.0285. The largest absolute Gasteiger partial charge is 0.497 e. The normalized spacial score (nSPS) is 22.2. The first-order valence-electron chi connectivity index (χ1n) is 10.7. The maximum absolute atomic E-state index is 13.6. The second-order valence-electron chi connectivity index (χ2n) is 8.27. The molecule has 0 saturated carbocycles. The molecule has 4 rings (SSSR count). The topological polar surface area (TPSA) is 29.5 Å². The molecule has 0 radical (unpaired) electrons. The van der Waals surface area contributed by atoms with Crippen LogP contribution in [0, 0.1) is 0 Å². The molecule has 2 aromatic carbocycles. The van der Waals surface area contributed by atoms with Crippen LogP contribution >= 0.6 is 0 Å². The number of methoxy groups -OCH3 is 1. The first kappa shape index (κ1) is 19.2. The summed E-state index contributed by atoms with van der Waals surface area (Å²) in [6, 6.07) is 16.7. The summed E-state index contributed by atoms with van der Waals surface area (Å²) in [4.78, 5) is 16.1. The summed E-state index contributed by atoms with van der Waals surface area (Å²) < 4.78 is 5.35. The van der Waals surface area contributed by atoms with Gasteiger partial charge in [-0.05, 0) is 93.8 Å². The molecule has 1 unspecified atom stereocenters. The van der Waals surface area contributed by atoms with Crippen LogP contribution in [0.4, 0.5) is 0 Å². The molecule has 1 heterocycles. The van der Waals surface area contributed by atoms with Crippen LogP contribution in [-0.4, -0.2) is 36.4 Å². The zero-order valence-electron chi connectivity index (χ0n) is 17.0. The second-order valence-corrected chi connectivity index (χ2v) is 8.27. The highest BCUT2D eigenvalue weighted by Gasteiger charge is 2.47. The van der Waals surface area contributed by atoms with E-state index in [1.165, 1.54) is 18.4 Å². The SMILES string of the molecule is COc1ccc2c(c1)CCC1(CCCCN1CCCCc1ccccc1)C2=O. The fourth-order valence-corrected chi connectivity index (χ4v) is 5.07. The third-order valence-corrected chi connectivity index (χ3v) is 6.65. The number of Topliss-reactive ketones (excluding diaryl/α,β-unsaturated/α-hetero) is 1. The van der Waals surface area contributed by atoms with Crippen molar-refractivity contribution in [1.82, 2.24) is 4.90 Å². The number of carbonyl (C=O) groups is 1. The minimum Gasteiger partial charge on any atom is -0.497 e. The number of likely N-dealkylation sites (tertiary alicyclic amines) is 1. The lowest BCUT2D eigenvalue weighted by Gasteiger charge is -2.48. The zero-order valence-corrected chi connectivity index (χ0v) is 17.0. The van der Waals surface area contributed by atoms with Crippen molar-refractivity contribution in [3.05, 3.63) is 65.2 Å². The number of piperidine rings is 1. The Bertz CT molecular complexity index is 817. The van der Waals surface area contributed by atoms with Crippen LogP contribution in [-0.2, 0) is 12.8 Å². The van der Waals surface area contributed by atoms with E-state index >= 15 is 0 Å². The highest BCUT2D eigenvalue weighted by molar-refractivity contribution is 6.05. The third kappa shape index (κ3) is 3.73. The van der Waals surface area contributed by atoms with Crippen LogP contribution in [0.15, 0.2) is 48.5 Å². The van der Waals surface area contributed by atoms with Crippen LogP contribution in [0.3, 0.4) is 0 Å². The molecule has 148 valence electrons. The summed E-state index contributed by atoms with van der Waals surface area (Å²) in [5, 5.41) is 0. The van der Waals surface area contributed by atoms with Gasteiger partial charge in [-0.15, -0.1) is 0 Å². The van der Waals surface area contributed by atoms with Crippen LogP contribution in [0.2, 0.25) is 0 Å². The van der Waals surface area contributed by atoms with E-state index in [4.69, 9.17) is 4.74 Å². The van der Waals surface area contributed by atoms with E-state index in [2.05, 4.69) is 35.2 Å². The third-order valence-electron chi connectivity index (χ3n) is 6.65. The second kappa shape index (κ2) is 8.48.